The molecule has 1 aliphatic heterocycles. The van der Waals surface area contributed by atoms with Crippen molar-refractivity contribution in [2.45, 2.75) is 25.4 Å². The summed E-state index contributed by atoms with van der Waals surface area (Å²) in [4.78, 5) is 18.7. The molecule has 0 aliphatic carbocycles. The van der Waals surface area contributed by atoms with Crippen molar-refractivity contribution in [1.29, 1.82) is 0 Å². The van der Waals surface area contributed by atoms with Crippen molar-refractivity contribution in [3.8, 4) is 17.1 Å². The van der Waals surface area contributed by atoms with E-state index in [2.05, 4.69) is 26.1 Å². The molecule has 1 fully saturated rings. The quantitative estimate of drug-likeness (QED) is 0.604. The molecule has 1 unspecified atom stereocenters. The van der Waals surface area contributed by atoms with Gasteiger partial charge in [0.25, 0.3) is 0 Å². The highest BCUT2D eigenvalue weighted by molar-refractivity contribution is 9.10. The normalized spacial score (nSPS) is 16.7. The minimum absolute atomic E-state index is 0.104. The third kappa shape index (κ3) is 3.73. The number of aromatic nitrogens is 2. The van der Waals surface area contributed by atoms with E-state index in [9.17, 15) is 4.79 Å². The largest absolute Gasteiger partial charge is 0.497 e. The van der Waals surface area contributed by atoms with Gasteiger partial charge in [-0.15, -0.1) is 0 Å². The van der Waals surface area contributed by atoms with Crippen LogP contribution in [0.25, 0.3) is 11.4 Å². The van der Waals surface area contributed by atoms with E-state index >= 15 is 0 Å². The molecule has 4 rings (SSSR count). The highest BCUT2D eigenvalue weighted by Gasteiger charge is 2.36. The average molecular weight is 428 g/mol. The molecule has 1 saturated heterocycles. The van der Waals surface area contributed by atoms with Crippen LogP contribution in [0.5, 0.6) is 5.75 Å². The Morgan fingerprint density at radius 3 is 2.63 bits per heavy atom. The molecule has 1 amide bonds. The van der Waals surface area contributed by atoms with E-state index in [1.165, 1.54) is 0 Å². The van der Waals surface area contributed by atoms with Crippen LogP contribution in [0.4, 0.5) is 0 Å². The van der Waals surface area contributed by atoms with Gasteiger partial charge >= 0.3 is 0 Å². The molecule has 0 saturated carbocycles. The summed E-state index contributed by atoms with van der Waals surface area (Å²) < 4.78 is 11.7. The molecular formula is C20H18BrN3O3. The maximum absolute atomic E-state index is 12.4. The lowest BCUT2D eigenvalue weighted by Gasteiger charge is -2.22. The topological polar surface area (TPSA) is 68.5 Å². The summed E-state index contributed by atoms with van der Waals surface area (Å²) in [7, 11) is 1.62. The zero-order valence-electron chi connectivity index (χ0n) is 14.8. The minimum atomic E-state index is -0.194. The average Bonchev–Trinajstić information content (AvgIpc) is 3.31. The van der Waals surface area contributed by atoms with E-state index in [4.69, 9.17) is 9.26 Å². The lowest BCUT2D eigenvalue weighted by molar-refractivity contribution is -0.129. The lowest BCUT2D eigenvalue weighted by atomic mass is 10.1. The Morgan fingerprint density at radius 2 is 1.93 bits per heavy atom. The maximum Gasteiger partial charge on any atom is 0.249 e. The molecule has 0 spiro atoms. The first-order valence-corrected chi connectivity index (χ1v) is 9.45. The molecule has 6 nitrogen and oxygen atoms in total. The third-order valence-corrected chi connectivity index (χ3v) is 5.20. The summed E-state index contributed by atoms with van der Waals surface area (Å²) in [6, 6.07) is 15.2. The predicted molar refractivity (Wildman–Crippen MR) is 103 cm³/mol. The SMILES string of the molecule is COc1ccc(-c2noc(C3CCC(=O)N3Cc3ccc(Br)cc3)n2)cc1. The highest BCUT2D eigenvalue weighted by Crippen LogP contribution is 2.34. The van der Waals surface area contributed by atoms with Gasteiger partial charge in [-0.25, -0.2) is 0 Å². The van der Waals surface area contributed by atoms with Crippen molar-refractivity contribution in [2.75, 3.05) is 7.11 Å². The molecule has 0 radical (unpaired) electrons. The van der Waals surface area contributed by atoms with Gasteiger partial charge in [0.2, 0.25) is 17.6 Å². The van der Waals surface area contributed by atoms with Gasteiger partial charge in [0, 0.05) is 23.0 Å². The third-order valence-electron chi connectivity index (χ3n) is 4.67. The van der Waals surface area contributed by atoms with Gasteiger partial charge in [-0.2, -0.15) is 4.98 Å². The molecule has 0 bridgehead atoms. The Hall–Kier alpha value is -2.67. The van der Waals surface area contributed by atoms with Gasteiger partial charge in [-0.1, -0.05) is 33.2 Å². The molecule has 7 heteroatoms. The summed E-state index contributed by atoms with van der Waals surface area (Å²) >= 11 is 3.43. The van der Waals surface area contributed by atoms with Crippen LogP contribution < -0.4 is 4.74 Å². The molecule has 2 heterocycles. The maximum atomic E-state index is 12.4. The van der Waals surface area contributed by atoms with Crippen molar-refractivity contribution in [2.24, 2.45) is 0 Å². The molecule has 138 valence electrons. The van der Waals surface area contributed by atoms with Crippen LogP contribution in [0, 0.1) is 0 Å². The van der Waals surface area contributed by atoms with Crippen LogP contribution in [0.15, 0.2) is 57.5 Å². The number of carbonyl (C=O) groups is 1. The monoisotopic (exact) mass is 427 g/mol. The van der Waals surface area contributed by atoms with E-state index in [-0.39, 0.29) is 11.9 Å². The Balaban J connectivity index is 1.55. The number of benzene rings is 2. The van der Waals surface area contributed by atoms with Crippen LogP contribution in [0.1, 0.15) is 30.3 Å². The molecule has 3 aromatic rings. The Labute approximate surface area is 165 Å². The second-order valence-corrected chi connectivity index (χ2v) is 7.30. The second-order valence-electron chi connectivity index (χ2n) is 6.39. The first-order valence-electron chi connectivity index (χ1n) is 8.66. The summed E-state index contributed by atoms with van der Waals surface area (Å²) in [5.41, 5.74) is 1.91. The zero-order valence-corrected chi connectivity index (χ0v) is 16.3. The summed E-state index contributed by atoms with van der Waals surface area (Å²) in [6.07, 6.45) is 1.17. The number of ether oxygens (including phenoxy) is 1. The molecular weight excluding hydrogens is 410 g/mol. The fraction of sp³-hybridized carbons (Fsp3) is 0.250. The van der Waals surface area contributed by atoms with Crippen LogP contribution in [-0.2, 0) is 11.3 Å². The van der Waals surface area contributed by atoms with Crippen molar-refractivity contribution in [3.05, 3.63) is 64.5 Å². The van der Waals surface area contributed by atoms with E-state index in [0.29, 0.717) is 31.1 Å². The van der Waals surface area contributed by atoms with Crippen LogP contribution in [0.3, 0.4) is 0 Å². The Morgan fingerprint density at radius 1 is 1.19 bits per heavy atom. The first kappa shape index (κ1) is 17.7. The molecule has 0 N–H and O–H groups in total. The standard InChI is InChI=1S/C20H18BrN3O3/c1-26-16-8-4-14(5-9-16)19-22-20(27-23-19)17-10-11-18(25)24(17)12-13-2-6-15(21)7-3-13/h2-9,17H,10-12H2,1H3. The minimum Gasteiger partial charge on any atom is -0.497 e. The van der Waals surface area contributed by atoms with Gasteiger partial charge in [0.15, 0.2) is 0 Å². The van der Waals surface area contributed by atoms with E-state index in [0.717, 1.165) is 21.3 Å². The molecule has 1 atom stereocenters. The Kier molecular flexibility index (Phi) is 4.94. The van der Waals surface area contributed by atoms with Crippen molar-refractivity contribution < 1.29 is 14.1 Å². The van der Waals surface area contributed by atoms with Gasteiger partial charge in [-0.05, 0) is 48.4 Å². The number of methoxy groups -OCH3 is 1. The number of hydrogen-bond acceptors (Lipinski definition) is 5. The van der Waals surface area contributed by atoms with E-state index in [1.807, 2.05) is 53.4 Å². The van der Waals surface area contributed by atoms with Crippen LogP contribution >= 0.6 is 15.9 Å². The number of hydrogen-bond donors (Lipinski definition) is 0. The number of carbonyl (C=O) groups excluding carboxylic acids is 1. The smallest absolute Gasteiger partial charge is 0.249 e. The number of likely N-dealkylation sites (tertiary alicyclic amines) is 1. The van der Waals surface area contributed by atoms with Gasteiger partial charge < -0.3 is 14.2 Å². The second kappa shape index (κ2) is 7.52. The van der Waals surface area contributed by atoms with Gasteiger partial charge in [0.1, 0.15) is 11.8 Å². The van der Waals surface area contributed by atoms with Gasteiger partial charge in [-0.3, -0.25) is 4.79 Å². The number of halogens is 1. The number of amides is 1. The summed E-state index contributed by atoms with van der Waals surface area (Å²) in [5, 5.41) is 4.09. The predicted octanol–water partition coefficient (Wildman–Crippen LogP) is 4.37. The molecule has 1 aromatic heterocycles. The number of nitrogens with zero attached hydrogens (tertiary/aromatic N) is 3. The lowest BCUT2D eigenvalue weighted by Crippen LogP contribution is -2.27. The van der Waals surface area contributed by atoms with Crippen LogP contribution in [-0.4, -0.2) is 28.1 Å². The van der Waals surface area contributed by atoms with Crippen molar-refractivity contribution in [1.82, 2.24) is 15.0 Å². The molecule has 2 aromatic carbocycles. The van der Waals surface area contributed by atoms with Crippen LogP contribution in [0.2, 0.25) is 0 Å². The summed E-state index contributed by atoms with van der Waals surface area (Å²) in [6.45, 7) is 0.525. The van der Waals surface area contributed by atoms with E-state index < -0.39 is 0 Å². The summed E-state index contributed by atoms with van der Waals surface area (Å²) in [5.74, 6) is 1.86. The molecule has 27 heavy (non-hydrogen) atoms. The number of rotatable bonds is 5. The fourth-order valence-electron chi connectivity index (χ4n) is 3.20. The fourth-order valence-corrected chi connectivity index (χ4v) is 3.47. The van der Waals surface area contributed by atoms with E-state index in [1.54, 1.807) is 7.11 Å². The first-order chi connectivity index (χ1) is 13.1. The molecule has 1 aliphatic rings. The van der Waals surface area contributed by atoms with Crippen molar-refractivity contribution >= 4 is 21.8 Å². The van der Waals surface area contributed by atoms with Crippen molar-refractivity contribution in [3.63, 3.8) is 0 Å². The Bertz CT molecular complexity index is 938. The van der Waals surface area contributed by atoms with Gasteiger partial charge in [0.05, 0.1) is 7.11 Å². The highest BCUT2D eigenvalue weighted by atomic mass is 79.9. The zero-order chi connectivity index (χ0) is 18.8.